The van der Waals surface area contributed by atoms with Gasteiger partial charge in [-0.1, -0.05) is 0 Å². The third-order valence-electron chi connectivity index (χ3n) is 1.16. The van der Waals surface area contributed by atoms with Gasteiger partial charge in [-0.3, -0.25) is 0 Å². The molecule has 0 radical (unpaired) electrons. The van der Waals surface area contributed by atoms with E-state index in [1.165, 1.54) is 5.56 Å². The fourth-order valence-electron chi connectivity index (χ4n) is 0.710. The molecule has 1 rings (SSSR count). The van der Waals surface area contributed by atoms with Gasteiger partial charge in [0.15, 0.2) is 0 Å². The summed E-state index contributed by atoms with van der Waals surface area (Å²) in [6.07, 6.45) is 0. The molecule has 0 amide bonds. The van der Waals surface area contributed by atoms with E-state index in [0.29, 0.717) is 0 Å². The summed E-state index contributed by atoms with van der Waals surface area (Å²) in [6.45, 7) is 0. The second kappa shape index (κ2) is 3.56. The fraction of sp³-hybridized carbons (Fsp3) is 0.143. The summed E-state index contributed by atoms with van der Waals surface area (Å²) in [5.41, 5.74) is 1.20. The Balaban J connectivity index is 2.72. The Morgan fingerprint density at radius 3 is 2.44 bits per heavy atom. The Bertz CT molecular complexity index is 183. The van der Waals surface area contributed by atoms with Crippen molar-refractivity contribution in [2.75, 3.05) is 0 Å². The Hall–Kier alpha value is -0.437. The van der Waals surface area contributed by atoms with Crippen LogP contribution in [-0.4, -0.2) is 15.4 Å². The second-order valence-electron chi connectivity index (χ2n) is 1.86. The fourth-order valence-corrected chi connectivity index (χ4v) is 1.69. The second-order valence-corrected chi connectivity index (χ2v) is 3.41. The number of hydrogen-bond acceptors (Lipinski definition) is 1. The first-order valence-corrected chi connectivity index (χ1v) is 5.61. The van der Waals surface area contributed by atoms with Crippen molar-refractivity contribution in [1.82, 2.24) is 0 Å². The molecular formula is C7H8GeO. The van der Waals surface area contributed by atoms with E-state index in [-0.39, 0.29) is 0 Å². The molecule has 0 atom stereocenters. The number of rotatable bonds is 2. The molecule has 1 aromatic carbocycles. The summed E-state index contributed by atoms with van der Waals surface area (Å²) in [4.78, 5) is 0. The molecule has 0 N–H and O–H groups in total. The number of hydrogen-bond donors (Lipinski definition) is 0. The molecule has 0 saturated heterocycles. The van der Waals surface area contributed by atoms with Gasteiger partial charge in [0, 0.05) is 0 Å². The van der Waals surface area contributed by atoms with Crippen molar-refractivity contribution in [3.8, 4) is 0 Å². The van der Waals surface area contributed by atoms with Gasteiger partial charge in [-0.05, 0) is 0 Å². The Morgan fingerprint density at radius 2 is 1.89 bits per heavy atom. The van der Waals surface area contributed by atoms with Crippen LogP contribution in [0, 0.1) is 0 Å². The van der Waals surface area contributed by atoms with Crippen LogP contribution in [0.15, 0.2) is 30.3 Å². The van der Waals surface area contributed by atoms with Crippen LogP contribution in [0.25, 0.3) is 0 Å². The first kappa shape index (κ1) is 6.68. The topological polar surface area (TPSA) is 17.1 Å². The molecule has 46 valence electrons. The van der Waals surface area contributed by atoms with E-state index in [1.54, 1.807) is 0 Å². The van der Waals surface area contributed by atoms with Crippen LogP contribution in [-0.2, 0) is 9.03 Å². The molecule has 0 aliphatic carbocycles. The third kappa shape index (κ3) is 2.10. The molecule has 0 aliphatic heterocycles. The summed E-state index contributed by atoms with van der Waals surface area (Å²) in [5, 5.41) is 0.810. The molecule has 0 saturated carbocycles. The van der Waals surface area contributed by atoms with Gasteiger partial charge in [0.25, 0.3) is 0 Å². The predicted molar refractivity (Wildman–Crippen MR) is 38.0 cm³/mol. The molecule has 0 heterocycles. The zero-order valence-corrected chi connectivity index (χ0v) is 7.50. The normalized spacial score (nSPS) is 8.89. The van der Waals surface area contributed by atoms with Crippen molar-refractivity contribution in [2.24, 2.45) is 0 Å². The van der Waals surface area contributed by atoms with Gasteiger partial charge in [0.2, 0.25) is 0 Å². The summed E-state index contributed by atoms with van der Waals surface area (Å²) in [7, 11) is 0. The molecule has 2 heteroatoms. The van der Waals surface area contributed by atoms with Crippen molar-refractivity contribution in [3.05, 3.63) is 35.9 Å². The van der Waals surface area contributed by atoms with Gasteiger partial charge >= 0.3 is 60.3 Å². The van der Waals surface area contributed by atoms with Crippen LogP contribution < -0.4 is 0 Å². The molecule has 0 unspecified atom stereocenters. The Morgan fingerprint density at radius 1 is 1.22 bits per heavy atom. The maximum atomic E-state index is 10.3. The standard InChI is InChI=1S/C7H8GeO/c9-8-6-7-4-2-1-3-5-7/h1-5,8H,6H2. The van der Waals surface area contributed by atoms with Crippen LogP contribution in [0.2, 0.25) is 0 Å². The third-order valence-corrected chi connectivity index (χ3v) is 2.50. The van der Waals surface area contributed by atoms with Gasteiger partial charge in [-0.2, -0.15) is 0 Å². The van der Waals surface area contributed by atoms with E-state index >= 15 is 0 Å². The van der Waals surface area contributed by atoms with Crippen LogP contribution in [0.3, 0.4) is 0 Å². The van der Waals surface area contributed by atoms with E-state index in [0.717, 1.165) is 5.25 Å². The van der Waals surface area contributed by atoms with Crippen LogP contribution in [0.4, 0.5) is 0 Å². The molecule has 0 fully saturated rings. The van der Waals surface area contributed by atoms with Crippen molar-refractivity contribution >= 4 is 15.4 Å². The minimum atomic E-state index is -1.16. The van der Waals surface area contributed by atoms with Gasteiger partial charge in [-0.25, -0.2) is 0 Å². The van der Waals surface area contributed by atoms with Crippen molar-refractivity contribution in [2.45, 2.75) is 5.25 Å². The first-order valence-electron chi connectivity index (χ1n) is 2.91. The SMILES string of the molecule is [O]=[GeH][CH2]c1ccccc1. The van der Waals surface area contributed by atoms with Crippen molar-refractivity contribution in [1.29, 1.82) is 0 Å². The van der Waals surface area contributed by atoms with Crippen molar-refractivity contribution < 1.29 is 3.78 Å². The van der Waals surface area contributed by atoms with Crippen molar-refractivity contribution in [3.63, 3.8) is 0 Å². The van der Waals surface area contributed by atoms with E-state index in [4.69, 9.17) is 0 Å². The summed E-state index contributed by atoms with van der Waals surface area (Å²) in [6, 6.07) is 9.94. The Labute approximate surface area is 60.8 Å². The molecule has 0 bridgehead atoms. The van der Waals surface area contributed by atoms with E-state index < -0.39 is 15.4 Å². The molecule has 0 spiro atoms. The Kier molecular flexibility index (Phi) is 2.64. The predicted octanol–water partition coefficient (Wildman–Crippen LogP) is 0.969. The first-order chi connectivity index (χ1) is 4.43. The van der Waals surface area contributed by atoms with Crippen LogP contribution in [0.1, 0.15) is 5.56 Å². The number of benzene rings is 1. The quantitative estimate of drug-likeness (QED) is 0.620. The summed E-state index contributed by atoms with van der Waals surface area (Å²) in [5.74, 6) is 0. The average molecular weight is 181 g/mol. The van der Waals surface area contributed by atoms with Gasteiger partial charge in [0.1, 0.15) is 0 Å². The average Bonchev–Trinajstić information content (AvgIpc) is 1.91. The minimum absolute atomic E-state index is 0.810. The van der Waals surface area contributed by atoms with Gasteiger partial charge in [-0.15, -0.1) is 0 Å². The van der Waals surface area contributed by atoms with E-state index in [9.17, 15) is 3.78 Å². The molecule has 0 aliphatic rings. The molecular weight excluding hydrogens is 173 g/mol. The maximum absolute atomic E-state index is 10.3. The van der Waals surface area contributed by atoms with E-state index in [1.807, 2.05) is 30.3 Å². The van der Waals surface area contributed by atoms with E-state index in [2.05, 4.69) is 0 Å². The zero-order chi connectivity index (χ0) is 6.53. The van der Waals surface area contributed by atoms with Gasteiger partial charge in [0.05, 0.1) is 0 Å². The monoisotopic (exact) mass is 182 g/mol. The molecule has 1 nitrogen and oxygen atoms in total. The molecule has 1 aromatic rings. The molecule has 0 aromatic heterocycles. The molecule has 9 heavy (non-hydrogen) atoms. The van der Waals surface area contributed by atoms with Crippen LogP contribution >= 0.6 is 0 Å². The van der Waals surface area contributed by atoms with Gasteiger partial charge < -0.3 is 0 Å². The van der Waals surface area contributed by atoms with Crippen LogP contribution in [0.5, 0.6) is 0 Å². The summed E-state index contributed by atoms with van der Waals surface area (Å²) < 4.78 is 10.3. The zero-order valence-electron chi connectivity index (χ0n) is 5.08. The summed E-state index contributed by atoms with van der Waals surface area (Å²) >= 11 is -1.16.